The first kappa shape index (κ1) is 13.0. The lowest BCUT2D eigenvalue weighted by atomic mass is 10.2. The van der Waals surface area contributed by atoms with Crippen molar-refractivity contribution in [3.63, 3.8) is 0 Å². The Bertz CT molecular complexity index is 513. The Morgan fingerprint density at radius 2 is 2.06 bits per heavy atom. The number of aromatic nitrogens is 1. The van der Waals surface area contributed by atoms with Crippen molar-refractivity contribution in [2.45, 2.75) is 18.9 Å². The third-order valence-corrected chi connectivity index (χ3v) is 3.14. The zero-order valence-corrected chi connectivity index (χ0v) is 11.1. The van der Waals surface area contributed by atoms with Crippen molar-refractivity contribution in [3.8, 4) is 0 Å². The van der Waals surface area contributed by atoms with Crippen LogP contribution in [-0.4, -0.2) is 26.9 Å². The van der Waals surface area contributed by atoms with Gasteiger partial charge in [0.2, 0.25) is 0 Å². The summed E-state index contributed by atoms with van der Waals surface area (Å²) in [6, 6.07) is 4.01. The van der Waals surface area contributed by atoms with E-state index in [0.717, 1.165) is 18.4 Å². The lowest BCUT2D eigenvalue weighted by Gasteiger charge is -2.11. The lowest BCUT2D eigenvalue weighted by molar-refractivity contribution is -0.122. The quantitative estimate of drug-likeness (QED) is 0.662. The summed E-state index contributed by atoms with van der Waals surface area (Å²) in [6.07, 6.45) is 7.30. The number of nitrogens with zero attached hydrogens (tertiary/aromatic N) is 2. The predicted octanol–water partition coefficient (Wildman–Crippen LogP) is 1.72. The second kappa shape index (κ2) is 5.04. The molecule has 4 nitrogen and oxygen atoms in total. The van der Waals surface area contributed by atoms with Crippen molar-refractivity contribution in [2.75, 3.05) is 0 Å². The van der Waals surface area contributed by atoms with Crippen LogP contribution in [-0.2, 0) is 4.79 Å². The highest BCUT2D eigenvalue weighted by Crippen LogP contribution is 2.30. The molecule has 0 unspecified atom stereocenters. The summed E-state index contributed by atoms with van der Waals surface area (Å²) >= 11 is 5.17. The van der Waals surface area contributed by atoms with Crippen molar-refractivity contribution < 1.29 is 4.79 Å². The van der Waals surface area contributed by atoms with E-state index >= 15 is 0 Å². The van der Waals surface area contributed by atoms with Gasteiger partial charge in [-0.15, -0.1) is 12.4 Å². The van der Waals surface area contributed by atoms with Crippen molar-refractivity contribution in [1.29, 1.82) is 0 Å². The molecule has 1 aliphatic carbocycles. The molecule has 1 aliphatic heterocycles. The molecule has 1 aromatic heterocycles. The van der Waals surface area contributed by atoms with Crippen LogP contribution >= 0.6 is 24.6 Å². The fourth-order valence-electron chi connectivity index (χ4n) is 1.84. The maximum Gasteiger partial charge on any atom is 0.276 e. The molecule has 3 rings (SSSR count). The molecule has 1 saturated carbocycles. The van der Waals surface area contributed by atoms with E-state index in [4.69, 9.17) is 12.2 Å². The summed E-state index contributed by atoms with van der Waals surface area (Å²) in [5.74, 6) is -0.0192. The number of carbonyl (C=O) groups excluding carboxylic acids is 1. The molecule has 2 heterocycles. The maximum atomic E-state index is 12.1. The smallest absolute Gasteiger partial charge is 0.276 e. The lowest BCUT2D eigenvalue weighted by Crippen LogP contribution is -2.32. The largest absolute Gasteiger partial charge is 0.328 e. The van der Waals surface area contributed by atoms with Gasteiger partial charge in [0.15, 0.2) is 5.11 Å². The molecule has 1 saturated heterocycles. The van der Waals surface area contributed by atoms with Crippen LogP contribution in [0.4, 0.5) is 0 Å². The van der Waals surface area contributed by atoms with Gasteiger partial charge in [-0.05, 0) is 48.8 Å². The van der Waals surface area contributed by atoms with E-state index in [1.807, 2.05) is 12.1 Å². The summed E-state index contributed by atoms with van der Waals surface area (Å²) in [4.78, 5) is 17.7. The molecular formula is C12H12ClN3OS. The van der Waals surface area contributed by atoms with Gasteiger partial charge in [0, 0.05) is 18.4 Å². The van der Waals surface area contributed by atoms with Crippen LogP contribution in [0.5, 0.6) is 0 Å². The van der Waals surface area contributed by atoms with Gasteiger partial charge in [0.25, 0.3) is 5.91 Å². The Morgan fingerprint density at radius 3 is 2.67 bits per heavy atom. The van der Waals surface area contributed by atoms with Crippen molar-refractivity contribution in [3.05, 3.63) is 35.8 Å². The number of hydrogen-bond donors (Lipinski definition) is 1. The van der Waals surface area contributed by atoms with Crippen LogP contribution in [0.1, 0.15) is 18.4 Å². The summed E-state index contributed by atoms with van der Waals surface area (Å²) in [6.45, 7) is 0. The predicted molar refractivity (Wildman–Crippen MR) is 75.1 cm³/mol. The molecule has 2 aliphatic rings. The monoisotopic (exact) mass is 281 g/mol. The first-order valence-corrected chi connectivity index (χ1v) is 5.93. The Kier molecular flexibility index (Phi) is 3.63. The summed E-state index contributed by atoms with van der Waals surface area (Å²) < 4.78 is 0. The molecule has 0 atom stereocenters. The van der Waals surface area contributed by atoms with Crippen molar-refractivity contribution >= 4 is 41.7 Å². The Hall–Kier alpha value is -1.46. The highest BCUT2D eigenvalue weighted by molar-refractivity contribution is 7.80. The minimum Gasteiger partial charge on any atom is -0.328 e. The van der Waals surface area contributed by atoms with Crippen LogP contribution in [0.25, 0.3) is 6.08 Å². The Labute approximate surface area is 116 Å². The summed E-state index contributed by atoms with van der Waals surface area (Å²) in [5.41, 5.74) is 1.49. The van der Waals surface area contributed by atoms with Gasteiger partial charge < -0.3 is 5.32 Å². The molecule has 18 heavy (non-hydrogen) atoms. The normalized spacial score (nSPS) is 20.9. The minimum absolute atomic E-state index is 0. The minimum atomic E-state index is -0.0192. The van der Waals surface area contributed by atoms with Gasteiger partial charge in [-0.2, -0.15) is 0 Å². The van der Waals surface area contributed by atoms with Gasteiger partial charge in [-0.25, -0.2) is 0 Å². The van der Waals surface area contributed by atoms with Gasteiger partial charge in [-0.1, -0.05) is 0 Å². The van der Waals surface area contributed by atoms with Gasteiger partial charge in [0.05, 0.1) is 0 Å². The highest BCUT2D eigenvalue weighted by Gasteiger charge is 2.41. The van der Waals surface area contributed by atoms with E-state index < -0.39 is 0 Å². The molecule has 0 radical (unpaired) electrons. The molecule has 1 N–H and O–H groups in total. The molecular weight excluding hydrogens is 270 g/mol. The zero-order valence-electron chi connectivity index (χ0n) is 9.50. The average Bonchev–Trinajstić information content (AvgIpc) is 3.10. The van der Waals surface area contributed by atoms with Crippen LogP contribution in [0.3, 0.4) is 0 Å². The zero-order chi connectivity index (χ0) is 11.8. The molecule has 2 fully saturated rings. The summed E-state index contributed by atoms with van der Waals surface area (Å²) in [7, 11) is 0. The van der Waals surface area contributed by atoms with E-state index in [1.165, 1.54) is 0 Å². The maximum absolute atomic E-state index is 12.1. The molecule has 6 heteroatoms. The van der Waals surface area contributed by atoms with E-state index in [0.29, 0.717) is 16.9 Å². The number of hydrogen-bond acceptors (Lipinski definition) is 3. The SMILES string of the molecule is Cl.O=C1/C(=C/c2ccncc2)NC(=S)N1C1CC1. The molecule has 1 aromatic rings. The molecule has 0 bridgehead atoms. The van der Waals surface area contributed by atoms with Crippen LogP contribution < -0.4 is 5.32 Å². The third kappa shape index (κ3) is 2.37. The number of halogens is 1. The second-order valence-corrected chi connectivity index (χ2v) is 4.56. The summed E-state index contributed by atoms with van der Waals surface area (Å²) in [5, 5.41) is 3.50. The molecule has 0 aromatic carbocycles. The standard InChI is InChI=1S/C12H11N3OS.ClH/c16-11-10(7-8-3-5-13-6-4-8)14-12(17)15(11)9-1-2-9;/h3-7,9H,1-2H2,(H,14,17);1H/b10-7-;. The number of amides is 1. The number of pyridine rings is 1. The second-order valence-electron chi connectivity index (χ2n) is 4.18. The number of nitrogens with one attached hydrogen (secondary N) is 1. The third-order valence-electron chi connectivity index (χ3n) is 2.84. The highest BCUT2D eigenvalue weighted by atomic mass is 35.5. The Balaban J connectivity index is 0.00000120. The molecule has 94 valence electrons. The van der Waals surface area contributed by atoms with Crippen LogP contribution in [0.2, 0.25) is 0 Å². The van der Waals surface area contributed by atoms with E-state index in [-0.39, 0.29) is 18.3 Å². The topological polar surface area (TPSA) is 45.2 Å². The van der Waals surface area contributed by atoms with E-state index in [1.54, 1.807) is 23.4 Å². The van der Waals surface area contributed by atoms with Crippen molar-refractivity contribution in [2.24, 2.45) is 0 Å². The van der Waals surface area contributed by atoms with Gasteiger partial charge in [0.1, 0.15) is 5.70 Å². The van der Waals surface area contributed by atoms with Gasteiger partial charge in [-0.3, -0.25) is 14.7 Å². The first-order chi connectivity index (χ1) is 8.25. The van der Waals surface area contributed by atoms with Crippen LogP contribution in [0, 0.1) is 0 Å². The Morgan fingerprint density at radius 1 is 1.39 bits per heavy atom. The average molecular weight is 282 g/mol. The van der Waals surface area contributed by atoms with E-state index in [9.17, 15) is 4.79 Å². The molecule has 1 amide bonds. The van der Waals surface area contributed by atoms with Crippen LogP contribution in [0.15, 0.2) is 30.2 Å². The van der Waals surface area contributed by atoms with Crippen molar-refractivity contribution in [1.82, 2.24) is 15.2 Å². The molecule has 0 spiro atoms. The number of carbonyl (C=O) groups is 1. The number of thiocarbonyl (C=S) groups is 1. The first-order valence-electron chi connectivity index (χ1n) is 5.52. The fraction of sp³-hybridized carbons (Fsp3) is 0.250. The fourth-order valence-corrected chi connectivity index (χ4v) is 2.18. The number of rotatable bonds is 2. The van der Waals surface area contributed by atoms with Gasteiger partial charge >= 0.3 is 0 Å². The van der Waals surface area contributed by atoms with E-state index in [2.05, 4.69) is 10.3 Å².